The van der Waals surface area contributed by atoms with E-state index >= 15 is 0 Å². The molecule has 0 aliphatic carbocycles. The molecule has 1 fully saturated rings. The Morgan fingerprint density at radius 2 is 1.93 bits per heavy atom. The normalized spacial score (nSPS) is 20.6. The molecule has 90 valence electrons. The number of likely N-dealkylation sites (tertiary alicyclic amines) is 1. The van der Waals surface area contributed by atoms with E-state index in [0.29, 0.717) is 12.5 Å². The Morgan fingerprint density at radius 3 is 2.40 bits per heavy atom. The lowest BCUT2D eigenvalue weighted by Gasteiger charge is -2.43. The molecule has 1 saturated heterocycles. The molecule has 1 aliphatic rings. The topological polar surface area (TPSA) is 23.5 Å². The molecule has 0 amide bonds. The number of aliphatic hydroxyl groups excluding tert-OH is 1. The number of rotatable bonds is 7. The molecule has 1 atom stereocenters. The van der Waals surface area contributed by atoms with Gasteiger partial charge in [0.05, 0.1) is 0 Å². The monoisotopic (exact) mass is 213 g/mol. The largest absolute Gasteiger partial charge is 0.396 e. The third kappa shape index (κ3) is 4.12. The van der Waals surface area contributed by atoms with Gasteiger partial charge in [-0.15, -0.1) is 0 Å². The fourth-order valence-corrected chi connectivity index (χ4v) is 2.46. The highest BCUT2D eigenvalue weighted by atomic mass is 16.3. The van der Waals surface area contributed by atoms with Crippen molar-refractivity contribution in [2.24, 2.45) is 17.8 Å². The van der Waals surface area contributed by atoms with Crippen LogP contribution in [-0.2, 0) is 0 Å². The zero-order valence-electron chi connectivity index (χ0n) is 10.6. The van der Waals surface area contributed by atoms with E-state index in [1.54, 1.807) is 0 Å². The molecular formula is C13H27NO. The van der Waals surface area contributed by atoms with Gasteiger partial charge in [-0.25, -0.2) is 0 Å². The number of nitrogens with zero attached hydrogens (tertiary/aromatic N) is 1. The molecule has 1 N–H and O–H groups in total. The Morgan fingerprint density at radius 1 is 1.27 bits per heavy atom. The molecule has 1 aliphatic heterocycles. The number of aliphatic hydroxyl groups is 1. The summed E-state index contributed by atoms with van der Waals surface area (Å²) < 4.78 is 0. The number of hydrogen-bond donors (Lipinski definition) is 1. The van der Waals surface area contributed by atoms with Crippen molar-refractivity contribution in [1.82, 2.24) is 4.90 Å². The van der Waals surface area contributed by atoms with Gasteiger partial charge in [-0.3, -0.25) is 0 Å². The Kier molecular flexibility index (Phi) is 5.62. The lowest BCUT2D eigenvalue weighted by Crippen LogP contribution is -2.50. The van der Waals surface area contributed by atoms with Gasteiger partial charge in [0.25, 0.3) is 0 Å². The van der Waals surface area contributed by atoms with Crippen LogP contribution in [0.25, 0.3) is 0 Å². The molecule has 0 aromatic carbocycles. The average Bonchev–Trinajstić information content (AvgIpc) is 2.10. The second-order valence-corrected chi connectivity index (χ2v) is 5.39. The smallest absolute Gasteiger partial charge is 0.0434 e. The first-order chi connectivity index (χ1) is 7.17. The Bertz CT molecular complexity index is 158. The van der Waals surface area contributed by atoms with Gasteiger partial charge < -0.3 is 10.0 Å². The van der Waals surface area contributed by atoms with E-state index < -0.39 is 0 Å². The first-order valence-corrected chi connectivity index (χ1v) is 6.50. The van der Waals surface area contributed by atoms with E-state index in [-0.39, 0.29) is 0 Å². The van der Waals surface area contributed by atoms with Crippen molar-refractivity contribution in [1.29, 1.82) is 0 Å². The standard InChI is InChI=1S/C13H27NO/c1-4-5-12(6-7-15)8-14-9-13(10-14)11(2)3/h11-13,15H,4-10H2,1-3H3. The second kappa shape index (κ2) is 6.49. The molecule has 0 aromatic heterocycles. The van der Waals surface area contributed by atoms with Gasteiger partial charge >= 0.3 is 0 Å². The summed E-state index contributed by atoms with van der Waals surface area (Å²) in [7, 11) is 0. The van der Waals surface area contributed by atoms with Crippen molar-refractivity contribution in [2.45, 2.75) is 40.0 Å². The SMILES string of the molecule is CCCC(CCO)CN1CC(C(C)C)C1. The van der Waals surface area contributed by atoms with Crippen LogP contribution in [0.2, 0.25) is 0 Å². The predicted octanol–water partition coefficient (Wildman–Crippen LogP) is 2.37. The van der Waals surface area contributed by atoms with Gasteiger partial charge in [0.1, 0.15) is 0 Å². The summed E-state index contributed by atoms with van der Waals surface area (Å²) in [5, 5.41) is 8.99. The van der Waals surface area contributed by atoms with E-state index in [1.807, 2.05) is 0 Å². The van der Waals surface area contributed by atoms with Crippen molar-refractivity contribution >= 4 is 0 Å². The van der Waals surface area contributed by atoms with Crippen molar-refractivity contribution < 1.29 is 5.11 Å². The van der Waals surface area contributed by atoms with Crippen LogP contribution in [0.4, 0.5) is 0 Å². The maximum atomic E-state index is 8.99. The minimum atomic E-state index is 0.353. The van der Waals surface area contributed by atoms with Crippen LogP contribution in [0.5, 0.6) is 0 Å². The summed E-state index contributed by atoms with van der Waals surface area (Å²) in [5.41, 5.74) is 0. The zero-order chi connectivity index (χ0) is 11.3. The Hall–Kier alpha value is -0.0800. The molecule has 1 rings (SSSR count). The molecular weight excluding hydrogens is 186 g/mol. The van der Waals surface area contributed by atoms with Gasteiger partial charge in [0.2, 0.25) is 0 Å². The summed E-state index contributed by atoms with van der Waals surface area (Å²) >= 11 is 0. The van der Waals surface area contributed by atoms with E-state index in [2.05, 4.69) is 25.7 Å². The van der Waals surface area contributed by atoms with Crippen LogP contribution in [0, 0.1) is 17.8 Å². The van der Waals surface area contributed by atoms with Crippen molar-refractivity contribution in [2.75, 3.05) is 26.2 Å². The summed E-state index contributed by atoms with van der Waals surface area (Å²) in [4.78, 5) is 2.56. The minimum Gasteiger partial charge on any atom is -0.396 e. The third-order valence-electron chi connectivity index (χ3n) is 3.68. The second-order valence-electron chi connectivity index (χ2n) is 5.39. The molecule has 2 nitrogen and oxygen atoms in total. The van der Waals surface area contributed by atoms with Crippen molar-refractivity contribution in [3.8, 4) is 0 Å². The van der Waals surface area contributed by atoms with Crippen LogP contribution in [0.3, 0.4) is 0 Å². The highest BCUT2D eigenvalue weighted by Gasteiger charge is 2.29. The van der Waals surface area contributed by atoms with Crippen LogP contribution in [0.15, 0.2) is 0 Å². The third-order valence-corrected chi connectivity index (χ3v) is 3.68. The average molecular weight is 213 g/mol. The van der Waals surface area contributed by atoms with Crippen molar-refractivity contribution in [3.63, 3.8) is 0 Å². The van der Waals surface area contributed by atoms with Gasteiger partial charge in [0, 0.05) is 26.2 Å². The minimum absolute atomic E-state index is 0.353. The van der Waals surface area contributed by atoms with Gasteiger partial charge in [-0.05, 0) is 30.6 Å². The maximum Gasteiger partial charge on any atom is 0.0434 e. The molecule has 0 aromatic rings. The maximum absolute atomic E-state index is 8.99. The van der Waals surface area contributed by atoms with Crippen LogP contribution in [-0.4, -0.2) is 36.2 Å². The van der Waals surface area contributed by atoms with Crippen molar-refractivity contribution in [3.05, 3.63) is 0 Å². The van der Waals surface area contributed by atoms with Gasteiger partial charge in [0.15, 0.2) is 0 Å². The molecule has 15 heavy (non-hydrogen) atoms. The van der Waals surface area contributed by atoms with Gasteiger partial charge in [-0.2, -0.15) is 0 Å². The highest BCUT2D eigenvalue weighted by Crippen LogP contribution is 2.25. The zero-order valence-corrected chi connectivity index (χ0v) is 10.6. The summed E-state index contributed by atoms with van der Waals surface area (Å²) in [6, 6.07) is 0. The molecule has 0 saturated carbocycles. The van der Waals surface area contributed by atoms with Crippen LogP contribution in [0.1, 0.15) is 40.0 Å². The van der Waals surface area contributed by atoms with E-state index in [1.165, 1.54) is 32.5 Å². The highest BCUT2D eigenvalue weighted by molar-refractivity contribution is 4.83. The van der Waals surface area contributed by atoms with E-state index in [9.17, 15) is 0 Å². The molecule has 1 unspecified atom stereocenters. The molecule has 1 heterocycles. The molecule has 0 radical (unpaired) electrons. The lowest BCUT2D eigenvalue weighted by atomic mass is 9.87. The summed E-state index contributed by atoms with van der Waals surface area (Å²) in [6.45, 7) is 11.0. The molecule has 2 heteroatoms. The first kappa shape index (κ1) is 13.0. The predicted molar refractivity (Wildman–Crippen MR) is 64.9 cm³/mol. The fourth-order valence-electron chi connectivity index (χ4n) is 2.46. The van der Waals surface area contributed by atoms with Crippen LogP contribution >= 0.6 is 0 Å². The first-order valence-electron chi connectivity index (χ1n) is 6.50. The quantitative estimate of drug-likeness (QED) is 0.702. The fraction of sp³-hybridized carbons (Fsp3) is 1.00. The van der Waals surface area contributed by atoms with E-state index in [4.69, 9.17) is 5.11 Å². The molecule has 0 spiro atoms. The van der Waals surface area contributed by atoms with Gasteiger partial charge in [-0.1, -0.05) is 27.2 Å². The van der Waals surface area contributed by atoms with Crippen LogP contribution < -0.4 is 0 Å². The Labute approximate surface area is 94.7 Å². The molecule has 0 bridgehead atoms. The summed E-state index contributed by atoms with van der Waals surface area (Å²) in [6.07, 6.45) is 3.49. The summed E-state index contributed by atoms with van der Waals surface area (Å²) in [5.74, 6) is 2.47. The Balaban J connectivity index is 2.17. The lowest BCUT2D eigenvalue weighted by molar-refractivity contribution is 0.0474. The number of hydrogen-bond acceptors (Lipinski definition) is 2. The van der Waals surface area contributed by atoms with E-state index in [0.717, 1.165) is 18.3 Å².